The van der Waals surface area contributed by atoms with Crippen molar-refractivity contribution in [3.05, 3.63) is 46.8 Å². The molecule has 0 unspecified atom stereocenters. The first-order chi connectivity index (χ1) is 13.2. The van der Waals surface area contributed by atoms with Gasteiger partial charge in [-0.1, -0.05) is 25.1 Å². The minimum Gasteiger partial charge on any atom is -0.334 e. The maximum Gasteiger partial charge on any atom is 0.274 e. The highest BCUT2D eigenvalue weighted by Crippen LogP contribution is 2.30. The fourth-order valence-corrected chi connectivity index (χ4v) is 4.55. The molecule has 1 amide bonds. The number of fused-ring (bicyclic) bond motifs is 1. The van der Waals surface area contributed by atoms with Crippen LogP contribution in [0, 0.1) is 6.92 Å². The summed E-state index contributed by atoms with van der Waals surface area (Å²) in [7, 11) is 0. The standard InChI is InChI=1S/C22H30N4O.ClH/c1-3-15-25(17-11-13-23-14-12-17)22(27)21-18-8-6-10-20(18)26(24-21)19-9-5-4-7-16(19)2;/h4-5,7,9,17,23H,3,6,8,10-15H2,1-2H3;1H. The molecule has 0 atom stereocenters. The summed E-state index contributed by atoms with van der Waals surface area (Å²) in [5.41, 5.74) is 5.39. The average Bonchev–Trinajstić information content (AvgIpc) is 3.30. The second-order valence-electron chi connectivity index (χ2n) is 7.81. The number of para-hydroxylation sites is 1. The molecule has 0 bridgehead atoms. The van der Waals surface area contributed by atoms with Gasteiger partial charge in [-0.25, -0.2) is 4.68 Å². The van der Waals surface area contributed by atoms with E-state index in [2.05, 4.69) is 42.3 Å². The first-order valence-corrected chi connectivity index (χ1v) is 10.4. The third-order valence-electron chi connectivity index (χ3n) is 5.95. The van der Waals surface area contributed by atoms with Gasteiger partial charge in [-0.3, -0.25) is 4.79 Å². The van der Waals surface area contributed by atoms with E-state index in [1.807, 2.05) is 10.7 Å². The number of nitrogens with one attached hydrogen (secondary N) is 1. The number of hydrogen-bond donors (Lipinski definition) is 1. The summed E-state index contributed by atoms with van der Waals surface area (Å²) in [6, 6.07) is 8.64. The monoisotopic (exact) mass is 402 g/mol. The van der Waals surface area contributed by atoms with Crippen LogP contribution in [0.25, 0.3) is 5.69 Å². The smallest absolute Gasteiger partial charge is 0.274 e. The van der Waals surface area contributed by atoms with Crippen molar-refractivity contribution in [1.82, 2.24) is 20.0 Å². The number of aryl methyl sites for hydroxylation is 1. The van der Waals surface area contributed by atoms with E-state index in [1.54, 1.807) is 0 Å². The third-order valence-corrected chi connectivity index (χ3v) is 5.95. The molecule has 4 rings (SSSR count). The van der Waals surface area contributed by atoms with Gasteiger partial charge in [0.25, 0.3) is 5.91 Å². The molecule has 2 aliphatic rings. The molecule has 1 aliphatic heterocycles. The fraction of sp³-hybridized carbons (Fsp3) is 0.545. The Bertz CT molecular complexity index is 826. The van der Waals surface area contributed by atoms with Crippen molar-refractivity contribution in [1.29, 1.82) is 0 Å². The van der Waals surface area contributed by atoms with Gasteiger partial charge in [0.15, 0.2) is 5.69 Å². The molecule has 0 radical (unpaired) electrons. The number of amides is 1. The number of hydrogen-bond acceptors (Lipinski definition) is 3. The molecule has 28 heavy (non-hydrogen) atoms. The van der Waals surface area contributed by atoms with Crippen molar-refractivity contribution in [2.45, 2.75) is 58.4 Å². The average molecular weight is 403 g/mol. The summed E-state index contributed by atoms with van der Waals surface area (Å²) >= 11 is 0. The number of aromatic nitrogens is 2. The highest BCUT2D eigenvalue weighted by atomic mass is 35.5. The predicted molar refractivity (Wildman–Crippen MR) is 115 cm³/mol. The lowest BCUT2D eigenvalue weighted by atomic mass is 10.0. The maximum atomic E-state index is 13.6. The van der Waals surface area contributed by atoms with Crippen LogP contribution < -0.4 is 5.32 Å². The molecule has 1 aromatic carbocycles. The Hall–Kier alpha value is -1.85. The van der Waals surface area contributed by atoms with Gasteiger partial charge in [-0.05, 0) is 70.2 Å². The second-order valence-corrected chi connectivity index (χ2v) is 7.81. The number of nitrogens with zero attached hydrogens (tertiary/aromatic N) is 3. The number of carbonyl (C=O) groups excluding carboxylic acids is 1. The van der Waals surface area contributed by atoms with Gasteiger partial charge in [0.1, 0.15) is 0 Å². The summed E-state index contributed by atoms with van der Waals surface area (Å²) in [6.45, 7) is 7.06. The Morgan fingerprint density at radius 2 is 2.00 bits per heavy atom. The van der Waals surface area contributed by atoms with Crippen LogP contribution in [0.2, 0.25) is 0 Å². The maximum absolute atomic E-state index is 13.6. The molecule has 6 heteroatoms. The largest absolute Gasteiger partial charge is 0.334 e. The van der Waals surface area contributed by atoms with Crippen LogP contribution in [0.5, 0.6) is 0 Å². The Kier molecular flexibility index (Phi) is 6.78. The molecule has 152 valence electrons. The van der Waals surface area contributed by atoms with Crippen LogP contribution in [-0.2, 0) is 12.8 Å². The molecule has 2 aromatic rings. The molecule has 1 aromatic heterocycles. The van der Waals surface area contributed by atoms with Gasteiger partial charge >= 0.3 is 0 Å². The minimum absolute atomic E-state index is 0. The van der Waals surface area contributed by atoms with E-state index in [9.17, 15) is 4.79 Å². The lowest BCUT2D eigenvalue weighted by molar-refractivity contribution is 0.0635. The van der Waals surface area contributed by atoms with Crippen molar-refractivity contribution in [2.75, 3.05) is 19.6 Å². The summed E-state index contributed by atoms with van der Waals surface area (Å²) in [5, 5.41) is 8.28. The highest BCUT2D eigenvalue weighted by molar-refractivity contribution is 5.94. The van der Waals surface area contributed by atoms with Gasteiger partial charge < -0.3 is 10.2 Å². The highest BCUT2D eigenvalue weighted by Gasteiger charge is 2.32. The number of halogens is 1. The molecule has 0 saturated carbocycles. The second kappa shape index (κ2) is 9.10. The molecule has 1 saturated heterocycles. The molecule has 0 spiro atoms. The van der Waals surface area contributed by atoms with Crippen LogP contribution in [-0.4, -0.2) is 46.3 Å². The summed E-state index contributed by atoms with van der Waals surface area (Å²) in [6.07, 6.45) is 6.13. The first kappa shape index (κ1) is 20.9. The van der Waals surface area contributed by atoms with Gasteiger partial charge in [-0.2, -0.15) is 5.10 Å². The zero-order valence-corrected chi connectivity index (χ0v) is 17.7. The number of piperidine rings is 1. The topological polar surface area (TPSA) is 50.2 Å². The normalized spacial score (nSPS) is 16.5. The van der Waals surface area contributed by atoms with Crippen LogP contribution in [0.1, 0.15) is 59.9 Å². The van der Waals surface area contributed by atoms with E-state index in [0.717, 1.165) is 63.8 Å². The van der Waals surface area contributed by atoms with E-state index in [4.69, 9.17) is 5.10 Å². The number of rotatable bonds is 5. The number of carbonyl (C=O) groups is 1. The van der Waals surface area contributed by atoms with E-state index in [-0.39, 0.29) is 18.3 Å². The van der Waals surface area contributed by atoms with Crippen molar-refractivity contribution in [3.8, 4) is 5.69 Å². The van der Waals surface area contributed by atoms with Gasteiger partial charge in [0.05, 0.1) is 5.69 Å². The summed E-state index contributed by atoms with van der Waals surface area (Å²) < 4.78 is 2.04. The zero-order valence-electron chi connectivity index (χ0n) is 16.9. The van der Waals surface area contributed by atoms with Gasteiger partial charge in [-0.15, -0.1) is 12.4 Å². The van der Waals surface area contributed by atoms with Crippen LogP contribution >= 0.6 is 12.4 Å². The lowest BCUT2D eigenvalue weighted by Crippen LogP contribution is -2.46. The first-order valence-electron chi connectivity index (χ1n) is 10.4. The molecular weight excluding hydrogens is 372 g/mol. The van der Waals surface area contributed by atoms with Crippen molar-refractivity contribution in [2.24, 2.45) is 0 Å². The Balaban J connectivity index is 0.00000225. The zero-order chi connectivity index (χ0) is 18.8. The Morgan fingerprint density at radius 3 is 2.71 bits per heavy atom. The van der Waals surface area contributed by atoms with E-state index >= 15 is 0 Å². The van der Waals surface area contributed by atoms with Crippen LogP contribution in [0.15, 0.2) is 24.3 Å². The molecule has 5 nitrogen and oxygen atoms in total. The van der Waals surface area contributed by atoms with E-state index in [0.29, 0.717) is 11.7 Å². The SMILES string of the molecule is CCCN(C(=O)c1nn(-c2ccccc2C)c2c1CCC2)C1CCNCC1.Cl. The van der Waals surface area contributed by atoms with Gasteiger partial charge in [0, 0.05) is 23.8 Å². The van der Waals surface area contributed by atoms with E-state index in [1.165, 1.54) is 16.8 Å². The molecule has 1 N–H and O–H groups in total. The number of benzene rings is 1. The molecule has 1 aliphatic carbocycles. The summed E-state index contributed by atoms with van der Waals surface area (Å²) in [5.74, 6) is 0.134. The minimum atomic E-state index is 0. The summed E-state index contributed by atoms with van der Waals surface area (Å²) in [4.78, 5) is 15.7. The molecule has 2 heterocycles. The van der Waals surface area contributed by atoms with Crippen molar-refractivity contribution < 1.29 is 4.79 Å². The van der Waals surface area contributed by atoms with E-state index < -0.39 is 0 Å². The van der Waals surface area contributed by atoms with Gasteiger partial charge in [0.2, 0.25) is 0 Å². The predicted octanol–water partition coefficient (Wildman–Crippen LogP) is 3.70. The van der Waals surface area contributed by atoms with Crippen molar-refractivity contribution in [3.63, 3.8) is 0 Å². The molecule has 1 fully saturated rings. The Morgan fingerprint density at radius 1 is 1.25 bits per heavy atom. The fourth-order valence-electron chi connectivity index (χ4n) is 4.55. The lowest BCUT2D eigenvalue weighted by Gasteiger charge is -2.34. The van der Waals surface area contributed by atoms with Crippen LogP contribution in [0.3, 0.4) is 0 Å². The third kappa shape index (κ3) is 3.83. The molecular formula is C22H31ClN4O. The Labute approximate surface area is 173 Å². The van der Waals surface area contributed by atoms with Crippen molar-refractivity contribution >= 4 is 18.3 Å². The quantitative estimate of drug-likeness (QED) is 0.829. The van der Waals surface area contributed by atoms with Crippen LogP contribution in [0.4, 0.5) is 0 Å².